The Hall–Kier alpha value is -1.74. The number of aliphatic hydroxyl groups excluding tert-OH is 4. The predicted octanol–water partition coefficient (Wildman–Crippen LogP) is 5.75. The summed E-state index contributed by atoms with van der Waals surface area (Å²) in [5, 5.41) is 47.6. The van der Waals surface area contributed by atoms with Gasteiger partial charge in [-0.05, 0) is 86.4 Å². The van der Waals surface area contributed by atoms with E-state index in [1.165, 1.54) is 0 Å². The topological polar surface area (TPSA) is 134 Å². The minimum Gasteiger partial charge on any atom is -0.457 e. The summed E-state index contributed by atoms with van der Waals surface area (Å²) in [7, 11) is 0. The van der Waals surface area contributed by atoms with Gasteiger partial charge in [0.25, 0.3) is 0 Å². The highest BCUT2D eigenvalue weighted by Gasteiger charge is 2.76. The Morgan fingerprint density at radius 1 is 0.936 bits per heavy atom. The standard InChI is InChI=1S/C39H62O8/c1-12-22(4)33(45)46-30-31(47-32(44)21(2)3)39(20-40)24(19-34(30,5)6)23-13-14-26-36(9)17-16-27(41)35(7,8)25(36)15-18-37(26,10)38(23,11)28(42)29(39)43/h12-13,21,24-31,40-43H,14-20H2,1-11H3/b22-12-/t24?,25?,26?,27-,28-,29+,30-,31-,36-,37+,38-,39-/m0/s1. The molecule has 0 aliphatic heterocycles. The van der Waals surface area contributed by atoms with Gasteiger partial charge in [-0.25, -0.2) is 4.79 Å². The van der Waals surface area contributed by atoms with Crippen molar-refractivity contribution in [3.8, 4) is 0 Å². The first-order valence-corrected chi connectivity index (χ1v) is 18.0. The smallest absolute Gasteiger partial charge is 0.333 e. The summed E-state index contributed by atoms with van der Waals surface area (Å²) in [6, 6.07) is 0. The van der Waals surface area contributed by atoms with E-state index in [1.807, 2.05) is 13.8 Å². The zero-order chi connectivity index (χ0) is 35.3. The molecule has 4 fully saturated rings. The molecule has 5 rings (SSSR count). The van der Waals surface area contributed by atoms with Crippen LogP contribution < -0.4 is 0 Å². The van der Waals surface area contributed by atoms with Crippen LogP contribution >= 0.6 is 0 Å². The minimum atomic E-state index is -1.50. The van der Waals surface area contributed by atoms with Crippen LogP contribution in [0.1, 0.15) is 115 Å². The minimum absolute atomic E-state index is 0.0674. The van der Waals surface area contributed by atoms with Gasteiger partial charge >= 0.3 is 11.9 Å². The number of hydrogen-bond acceptors (Lipinski definition) is 8. The lowest BCUT2D eigenvalue weighted by atomic mass is 9.32. The highest BCUT2D eigenvalue weighted by atomic mass is 16.6. The molecule has 0 amide bonds. The zero-order valence-corrected chi connectivity index (χ0v) is 30.7. The van der Waals surface area contributed by atoms with Crippen molar-refractivity contribution in [3.63, 3.8) is 0 Å². The lowest BCUT2D eigenvalue weighted by Gasteiger charge is -2.73. The Labute approximate surface area is 282 Å². The molecule has 8 nitrogen and oxygen atoms in total. The van der Waals surface area contributed by atoms with Gasteiger partial charge < -0.3 is 29.9 Å². The number of carbonyl (C=O) groups is 2. The van der Waals surface area contributed by atoms with E-state index in [0.717, 1.165) is 37.7 Å². The van der Waals surface area contributed by atoms with Gasteiger partial charge in [0, 0.05) is 16.4 Å². The predicted molar refractivity (Wildman–Crippen MR) is 180 cm³/mol. The molecule has 4 N–H and O–H groups in total. The highest BCUT2D eigenvalue weighted by molar-refractivity contribution is 5.87. The van der Waals surface area contributed by atoms with Crippen molar-refractivity contribution < 1.29 is 39.5 Å². The van der Waals surface area contributed by atoms with Crippen LogP contribution in [0.25, 0.3) is 0 Å². The maximum atomic E-state index is 13.4. The maximum Gasteiger partial charge on any atom is 0.333 e. The van der Waals surface area contributed by atoms with Crippen molar-refractivity contribution in [2.45, 2.75) is 145 Å². The molecular weight excluding hydrogens is 596 g/mol. The molecule has 5 aliphatic rings. The molecular formula is C39H62O8. The summed E-state index contributed by atoms with van der Waals surface area (Å²) >= 11 is 0. The molecule has 266 valence electrons. The van der Waals surface area contributed by atoms with Crippen molar-refractivity contribution in [1.29, 1.82) is 0 Å². The molecule has 3 unspecified atom stereocenters. The van der Waals surface area contributed by atoms with Crippen molar-refractivity contribution >= 4 is 11.9 Å². The van der Waals surface area contributed by atoms with E-state index in [9.17, 15) is 30.0 Å². The molecule has 0 aromatic rings. The zero-order valence-electron chi connectivity index (χ0n) is 30.7. The van der Waals surface area contributed by atoms with Crippen molar-refractivity contribution in [2.75, 3.05) is 6.61 Å². The Bertz CT molecular complexity index is 1330. The van der Waals surface area contributed by atoms with Crippen molar-refractivity contribution in [1.82, 2.24) is 0 Å². The summed E-state index contributed by atoms with van der Waals surface area (Å²) in [5.41, 5.74) is -2.30. The van der Waals surface area contributed by atoms with Crippen LogP contribution in [0.3, 0.4) is 0 Å². The Morgan fingerprint density at radius 2 is 1.57 bits per heavy atom. The van der Waals surface area contributed by atoms with E-state index in [2.05, 4.69) is 40.7 Å². The summed E-state index contributed by atoms with van der Waals surface area (Å²) in [6.45, 7) is 21.5. The Kier molecular flexibility index (Phi) is 9.07. The third-order valence-corrected chi connectivity index (χ3v) is 15.1. The van der Waals surface area contributed by atoms with Crippen LogP contribution in [0.2, 0.25) is 0 Å². The van der Waals surface area contributed by atoms with Crippen molar-refractivity contribution in [3.05, 3.63) is 23.3 Å². The number of aliphatic hydroxyl groups is 4. The summed E-state index contributed by atoms with van der Waals surface area (Å²) < 4.78 is 12.4. The molecule has 0 aromatic heterocycles. The fourth-order valence-electron chi connectivity index (χ4n) is 11.9. The van der Waals surface area contributed by atoms with Crippen LogP contribution in [0.4, 0.5) is 0 Å². The largest absolute Gasteiger partial charge is 0.457 e. The molecule has 4 saturated carbocycles. The van der Waals surface area contributed by atoms with E-state index in [4.69, 9.17) is 9.47 Å². The van der Waals surface area contributed by atoms with Crippen LogP contribution in [-0.4, -0.2) is 69.5 Å². The van der Waals surface area contributed by atoms with Gasteiger partial charge in [-0.1, -0.05) is 80.0 Å². The summed E-state index contributed by atoms with van der Waals surface area (Å²) in [5.74, 6) is -1.47. The lowest BCUT2D eigenvalue weighted by Crippen LogP contribution is -2.76. The third-order valence-electron chi connectivity index (χ3n) is 15.1. The molecule has 0 aromatic carbocycles. The SMILES string of the molecule is C/C=C(/C)C(=O)O[C@H]1[C@H](OC(=O)C(C)C)[C@@]2(CO)C(CC1(C)C)C1=CCC3[C@@]4(C)CC[C@H](O)C(C)(C)C4CC[C@@]3(C)[C@]1(C)[C@@H](O)[C@H]2O. The van der Waals surface area contributed by atoms with Gasteiger partial charge in [-0.15, -0.1) is 0 Å². The molecule has 8 heteroatoms. The number of hydrogen-bond donors (Lipinski definition) is 4. The fourth-order valence-corrected chi connectivity index (χ4v) is 11.9. The second-order valence-corrected chi connectivity index (χ2v) is 18.3. The second kappa shape index (κ2) is 11.7. The van der Waals surface area contributed by atoms with Gasteiger partial charge in [-0.3, -0.25) is 4.79 Å². The average molecular weight is 659 g/mol. The van der Waals surface area contributed by atoms with Gasteiger partial charge in [0.15, 0.2) is 6.10 Å². The molecule has 0 spiro atoms. The second-order valence-electron chi connectivity index (χ2n) is 18.3. The van der Waals surface area contributed by atoms with Crippen LogP contribution in [0, 0.1) is 56.2 Å². The molecule has 0 bridgehead atoms. The first-order valence-electron chi connectivity index (χ1n) is 18.0. The molecule has 5 aliphatic carbocycles. The van der Waals surface area contributed by atoms with Gasteiger partial charge in [0.1, 0.15) is 6.10 Å². The number of rotatable bonds is 5. The number of allylic oxidation sites excluding steroid dienone is 2. The number of ether oxygens (including phenoxy) is 2. The van der Waals surface area contributed by atoms with E-state index in [-0.39, 0.29) is 28.3 Å². The number of carbonyl (C=O) groups excluding carboxylic acids is 2. The molecule has 0 heterocycles. The normalized spacial score (nSPS) is 47.1. The Balaban J connectivity index is 1.68. The van der Waals surface area contributed by atoms with Crippen LogP contribution in [0.5, 0.6) is 0 Å². The van der Waals surface area contributed by atoms with Crippen LogP contribution in [0.15, 0.2) is 23.3 Å². The molecule has 12 atom stereocenters. The van der Waals surface area contributed by atoms with E-state index < -0.39 is 71.0 Å². The number of esters is 2. The number of fused-ring (bicyclic) bond motifs is 7. The van der Waals surface area contributed by atoms with Gasteiger partial charge in [-0.2, -0.15) is 0 Å². The quantitative estimate of drug-likeness (QED) is 0.167. The first kappa shape index (κ1) is 36.5. The highest BCUT2D eigenvalue weighted by Crippen LogP contribution is 2.76. The summed E-state index contributed by atoms with van der Waals surface area (Å²) in [4.78, 5) is 26.6. The Morgan fingerprint density at radius 3 is 2.15 bits per heavy atom. The van der Waals surface area contributed by atoms with E-state index in [1.54, 1.807) is 33.8 Å². The van der Waals surface area contributed by atoms with Gasteiger partial charge in [0.05, 0.1) is 36.3 Å². The monoisotopic (exact) mass is 658 g/mol. The third kappa shape index (κ3) is 4.80. The average Bonchev–Trinajstić information content (AvgIpc) is 2.99. The molecule has 0 radical (unpaired) electrons. The van der Waals surface area contributed by atoms with E-state index >= 15 is 0 Å². The lowest BCUT2D eigenvalue weighted by molar-refractivity contribution is -0.293. The van der Waals surface area contributed by atoms with Crippen LogP contribution in [-0.2, 0) is 19.1 Å². The fraction of sp³-hybridized carbons (Fsp3) is 0.846. The molecule has 0 saturated heterocycles. The summed E-state index contributed by atoms with van der Waals surface area (Å²) in [6.07, 6.45) is 3.33. The van der Waals surface area contributed by atoms with Gasteiger partial charge in [0.2, 0.25) is 0 Å². The molecule has 47 heavy (non-hydrogen) atoms. The first-order chi connectivity index (χ1) is 21.6. The van der Waals surface area contributed by atoms with E-state index in [0.29, 0.717) is 17.9 Å². The van der Waals surface area contributed by atoms with Crippen molar-refractivity contribution in [2.24, 2.45) is 56.2 Å². The maximum absolute atomic E-state index is 13.4.